The molecule has 7 rings (SSSR count). The van der Waals surface area contributed by atoms with Crippen LogP contribution in [0.1, 0.15) is 12.8 Å². The summed E-state index contributed by atoms with van der Waals surface area (Å²) >= 11 is 0. The Kier molecular flexibility index (Phi) is 4.51. The molecular weight excluding hydrogens is 416 g/mol. The van der Waals surface area contributed by atoms with Crippen molar-refractivity contribution in [1.29, 1.82) is 0 Å². The molecule has 0 amide bonds. The van der Waals surface area contributed by atoms with E-state index in [-0.39, 0.29) is 0 Å². The van der Waals surface area contributed by atoms with Gasteiger partial charge >= 0.3 is 0 Å². The Bertz CT molecular complexity index is 1200. The highest BCUT2D eigenvalue weighted by atomic mass is 15.3. The normalized spacial score (nSPS) is 24.6. The van der Waals surface area contributed by atoms with Crippen LogP contribution in [0.3, 0.4) is 0 Å². The van der Waals surface area contributed by atoms with Crippen LogP contribution in [-0.2, 0) is 0 Å². The van der Waals surface area contributed by atoms with E-state index >= 15 is 0 Å². The van der Waals surface area contributed by atoms with Gasteiger partial charge in [-0.3, -0.25) is 0 Å². The van der Waals surface area contributed by atoms with Crippen LogP contribution in [-0.4, -0.2) is 24.2 Å². The van der Waals surface area contributed by atoms with Crippen molar-refractivity contribution >= 4 is 34.1 Å². The molecule has 1 fully saturated rings. The van der Waals surface area contributed by atoms with Gasteiger partial charge in [0.25, 0.3) is 0 Å². The first kappa shape index (κ1) is 19.5. The molecule has 0 bridgehead atoms. The van der Waals surface area contributed by atoms with E-state index in [0.29, 0.717) is 24.2 Å². The summed E-state index contributed by atoms with van der Waals surface area (Å²) in [5.41, 5.74) is 7.51. The molecule has 2 aliphatic heterocycles. The maximum atomic E-state index is 3.91. The van der Waals surface area contributed by atoms with Gasteiger partial charge in [0.15, 0.2) is 0 Å². The Balaban J connectivity index is 1.35. The number of nitrogens with one attached hydrogen (secondary N) is 2. The van der Waals surface area contributed by atoms with Crippen LogP contribution >= 0.6 is 0 Å². The van der Waals surface area contributed by atoms with Gasteiger partial charge in [-0.1, -0.05) is 60.7 Å². The average molecular weight is 445 g/mol. The molecule has 168 valence electrons. The molecule has 4 unspecified atom stereocenters. The van der Waals surface area contributed by atoms with Crippen molar-refractivity contribution in [2.75, 3.05) is 20.4 Å². The lowest BCUT2D eigenvalue weighted by Crippen LogP contribution is -2.63. The molecule has 0 aromatic heterocycles. The van der Waals surface area contributed by atoms with E-state index in [9.17, 15) is 0 Å². The number of hydrogen-bond acceptors (Lipinski definition) is 4. The zero-order valence-electron chi connectivity index (χ0n) is 19.0. The monoisotopic (exact) mass is 444 g/mol. The highest BCUT2D eigenvalue weighted by molar-refractivity contribution is 5.82. The number of fused-ring (bicyclic) bond motifs is 4. The molecule has 4 heteroatoms. The second-order valence-electron chi connectivity index (χ2n) is 9.55. The molecule has 0 radical (unpaired) electrons. The van der Waals surface area contributed by atoms with E-state index in [1.807, 2.05) is 0 Å². The molecule has 1 aliphatic carbocycles. The van der Waals surface area contributed by atoms with Crippen molar-refractivity contribution in [2.45, 2.75) is 37.0 Å². The van der Waals surface area contributed by atoms with Gasteiger partial charge in [0, 0.05) is 23.5 Å². The zero-order valence-corrected chi connectivity index (χ0v) is 19.0. The maximum absolute atomic E-state index is 3.91. The first-order chi connectivity index (χ1) is 16.9. The Morgan fingerprint density at radius 2 is 0.882 bits per heavy atom. The van der Waals surface area contributed by atoms with E-state index < -0.39 is 0 Å². The smallest absolute Gasteiger partial charge is 0.0649 e. The predicted molar refractivity (Wildman–Crippen MR) is 142 cm³/mol. The molecule has 3 aliphatic rings. The summed E-state index contributed by atoms with van der Waals surface area (Å²) in [6.07, 6.45) is 2.12. The Morgan fingerprint density at radius 1 is 0.471 bits per heavy atom. The molecule has 4 aromatic rings. The number of anilines is 6. The van der Waals surface area contributed by atoms with Crippen LogP contribution in [0.15, 0.2) is 109 Å². The van der Waals surface area contributed by atoms with E-state index in [2.05, 4.69) is 130 Å². The van der Waals surface area contributed by atoms with Gasteiger partial charge in [-0.15, -0.1) is 0 Å². The first-order valence-corrected chi connectivity index (χ1v) is 12.3. The molecule has 1 saturated carbocycles. The zero-order chi connectivity index (χ0) is 22.5. The second-order valence-corrected chi connectivity index (χ2v) is 9.55. The van der Waals surface area contributed by atoms with Crippen LogP contribution in [0.4, 0.5) is 34.1 Å². The topological polar surface area (TPSA) is 30.5 Å². The van der Waals surface area contributed by atoms with Crippen molar-refractivity contribution in [3.05, 3.63) is 109 Å². The molecule has 4 atom stereocenters. The summed E-state index contributed by atoms with van der Waals surface area (Å²) < 4.78 is 0. The fraction of sp³-hybridized carbons (Fsp3) is 0.200. The summed E-state index contributed by atoms with van der Waals surface area (Å²) in [4.78, 5) is 5.16. The fourth-order valence-corrected chi connectivity index (χ4v) is 6.25. The van der Waals surface area contributed by atoms with Crippen molar-refractivity contribution < 1.29 is 0 Å². The quantitative estimate of drug-likeness (QED) is 0.357. The van der Waals surface area contributed by atoms with Gasteiger partial charge in [-0.05, 0) is 61.4 Å². The molecule has 4 nitrogen and oxygen atoms in total. The lowest BCUT2D eigenvalue weighted by molar-refractivity contribution is 0.323. The molecular formula is C30H28N4. The van der Waals surface area contributed by atoms with Crippen LogP contribution < -0.4 is 20.4 Å². The number of rotatable bonds is 2. The van der Waals surface area contributed by atoms with E-state index in [4.69, 9.17) is 0 Å². The highest BCUT2D eigenvalue weighted by Gasteiger charge is 2.47. The minimum Gasteiger partial charge on any atom is -0.378 e. The van der Waals surface area contributed by atoms with Crippen molar-refractivity contribution in [3.63, 3.8) is 0 Å². The maximum Gasteiger partial charge on any atom is 0.0649 e. The van der Waals surface area contributed by atoms with Gasteiger partial charge in [-0.25, -0.2) is 0 Å². The Morgan fingerprint density at radius 3 is 1.35 bits per heavy atom. The average Bonchev–Trinajstić information content (AvgIpc) is 2.90. The van der Waals surface area contributed by atoms with E-state index in [1.54, 1.807) is 0 Å². The molecule has 2 N–H and O–H groups in total. The van der Waals surface area contributed by atoms with Crippen LogP contribution in [0.25, 0.3) is 0 Å². The standard InChI is InChI=1S/C30H28N4/c1-3-11-21(12-4-1)33-27-17-9-7-15-23(27)31-25-19-26-30(20-29(25)33)34(22-13-5-2-6-14-22)28-18-10-8-16-24(28)32-26/h1-18,25-26,29-32H,19-20H2. The summed E-state index contributed by atoms with van der Waals surface area (Å²) in [6, 6.07) is 40.7. The molecule has 0 spiro atoms. The fourth-order valence-electron chi connectivity index (χ4n) is 6.25. The Hall–Kier alpha value is -3.92. The minimum absolute atomic E-state index is 0.358. The molecule has 0 saturated heterocycles. The summed E-state index contributed by atoms with van der Waals surface area (Å²) in [7, 11) is 0. The number of nitrogens with zero attached hydrogens (tertiary/aromatic N) is 2. The van der Waals surface area contributed by atoms with Gasteiger partial charge in [0.1, 0.15) is 0 Å². The highest BCUT2D eigenvalue weighted by Crippen LogP contribution is 2.48. The van der Waals surface area contributed by atoms with Crippen molar-refractivity contribution in [3.8, 4) is 0 Å². The summed E-state index contributed by atoms with van der Waals surface area (Å²) in [5, 5.41) is 7.82. The van der Waals surface area contributed by atoms with Crippen LogP contribution in [0.2, 0.25) is 0 Å². The van der Waals surface area contributed by atoms with E-state index in [1.165, 1.54) is 34.1 Å². The number of hydrogen-bond donors (Lipinski definition) is 2. The number of benzene rings is 4. The second kappa shape index (κ2) is 7.84. The predicted octanol–water partition coefficient (Wildman–Crippen LogP) is 6.78. The molecule has 2 heterocycles. The van der Waals surface area contributed by atoms with Gasteiger partial charge in [0.05, 0.1) is 34.8 Å². The van der Waals surface area contributed by atoms with Crippen LogP contribution in [0, 0.1) is 0 Å². The first-order valence-electron chi connectivity index (χ1n) is 12.3. The lowest BCUT2D eigenvalue weighted by atomic mass is 9.77. The third-order valence-electron chi connectivity index (χ3n) is 7.66. The van der Waals surface area contributed by atoms with Crippen molar-refractivity contribution in [1.82, 2.24) is 0 Å². The largest absolute Gasteiger partial charge is 0.378 e. The lowest BCUT2D eigenvalue weighted by Gasteiger charge is -2.55. The SMILES string of the molecule is c1ccc(N2c3ccccc3NC3CC4Nc5ccccc5N(c5ccccc5)C4CC32)cc1. The summed E-state index contributed by atoms with van der Waals surface area (Å²) in [6.45, 7) is 0. The summed E-state index contributed by atoms with van der Waals surface area (Å²) in [5.74, 6) is 0. The van der Waals surface area contributed by atoms with Gasteiger partial charge < -0.3 is 20.4 Å². The molecule has 34 heavy (non-hydrogen) atoms. The van der Waals surface area contributed by atoms with E-state index in [0.717, 1.165) is 12.8 Å². The Labute approximate surface area is 200 Å². The van der Waals surface area contributed by atoms with Crippen LogP contribution in [0.5, 0.6) is 0 Å². The minimum atomic E-state index is 0.358. The van der Waals surface area contributed by atoms with Gasteiger partial charge in [-0.2, -0.15) is 0 Å². The third kappa shape index (κ3) is 3.06. The molecule has 4 aromatic carbocycles. The van der Waals surface area contributed by atoms with Gasteiger partial charge in [0.2, 0.25) is 0 Å². The van der Waals surface area contributed by atoms with Crippen molar-refractivity contribution in [2.24, 2.45) is 0 Å². The number of para-hydroxylation sites is 6. The third-order valence-corrected chi connectivity index (χ3v) is 7.66.